The number of hydrogen-bond acceptors (Lipinski definition) is 4. The van der Waals surface area contributed by atoms with Crippen molar-refractivity contribution in [1.82, 2.24) is 4.98 Å². The quantitative estimate of drug-likeness (QED) is 0.692. The van der Waals surface area contributed by atoms with Crippen molar-refractivity contribution in [3.63, 3.8) is 0 Å². The van der Waals surface area contributed by atoms with Crippen LogP contribution in [0.25, 0.3) is 11.1 Å². The second-order valence-electron chi connectivity index (χ2n) is 3.13. The number of aryl methyl sites for hydroxylation is 1. The van der Waals surface area contributed by atoms with Crippen molar-refractivity contribution in [1.29, 1.82) is 0 Å². The summed E-state index contributed by atoms with van der Waals surface area (Å²) in [6.45, 7) is 2.29. The molecule has 3 rings (SSSR count). The molecule has 2 aromatic rings. The molecule has 1 aliphatic rings. The van der Waals surface area contributed by atoms with Gasteiger partial charge in [0.2, 0.25) is 6.79 Å². The molecule has 0 saturated carbocycles. The van der Waals surface area contributed by atoms with Crippen LogP contribution in [0, 0.1) is 0 Å². The Morgan fingerprint density at radius 1 is 1.29 bits per heavy atom. The fraction of sp³-hybridized carbons (Fsp3) is 0.300. The maximum Gasteiger partial charge on any atom is 0.231 e. The topological polar surface area (TPSA) is 44.5 Å². The van der Waals surface area contributed by atoms with Gasteiger partial charge in [-0.3, -0.25) is 0 Å². The van der Waals surface area contributed by atoms with Gasteiger partial charge < -0.3 is 13.9 Å². The number of rotatable bonds is 1. The summed E-state index contributed by atoms with van der Waals surface area (Å²) >= 11 is 0. The molecular weight excluding hydrogens is 182 g/mol. The van der Waals surface area contributed by atoms with Crippen molar-refractivity contribution in [3.05, 3.63) is 18.0 Å². The molecule has 1 aromatic carbocycles. The van der Waals surface area contributed by atoms with E-state index in [0.29, 0.717) is 0 Å². The lowest BCUT2D eigenvalue weighted by molar-refractivity contribution is 0.174. The van der Waals surface area contributed by atoms with Crippen LogP contribution >= 0.6 is 0 Å². The first-order valence-corrected chi connectivity index (χ1v) is 4.56. The number of nitrogens with zero attached hydrogens (tertiary/aromatic N) is 1. The highest BCUT2D eigenvalue weighted by molar-refractivity contribution is 5.77. The standard InChI is InChI=1S/C10H9NO3/c1-2-10-11-6-3-8-9(13-5-12-8)4-7(6)14-10/h3-4H,2,5H2,1H3. The van der Waals surface area contributed by atoms with Crippen LogP contribution in [0.4, 0.5) is 0 Å². The highest BCUT2D eigenvalue weighted by atomic mass is 16.7. The van der Waals surface area contributed by atoms with E-state index in [0.717, 1.165) is 34.9 Å². The van der Waals surface area contributed by atoms with E-state index in [-0.39, 0.29) is 6.79 Å². The lowest BCUT2D eigenvalue weighted by atomic mass is 10.3. The molecule has 4 nitrogen and oxygen atoms in total. The van der Waals surface area contributed by atoms with Crippen molar-refractivity contribution in [2.45, 2.75) is 13.3 Å². The molecule has 0 atom stereocenters. The maximum atomic E-state index is 5.50. The van der Waals surface area contributed by atoms with Crippen LogP contribution in [0.1, 0.15) is 12.8 Å². The van der Waals surface area contributed by atoms with Crippen molar-refractivity contribution in [2.24, 2.45) is 0 Å². The van der Waals surface area contributed by atoms with Gasteiger partial charge in [0.15, 0.2) is 23.0 Å². The van der Waals surface area contributed by atoms with Crippen molar-refractivity contribution >= 4 is 11.1 Å². The zero-order valence-electron chi connectivity index (χ0n) is 7.74. The second-order valence-corrected chi connectivity index (χ2v) is 3.13. The first kappa shape index (κ1) is 7.67. The molecule has 14 heavy (non-hydrogen) atoms. The molecule has 0 radical (unpaired) electrons. The van der Waals surface area contributed by atoms with Crippen LogP contribution < -0.4 is 9.47 Å². The van der Waals surface area contributed by atoms with Crippen molar-refractivity contribution in [3.8, 4) is 11.5 Å². The predicted octanol–water partition coefficient (Wildman–Crippen LogP) is 2.12. The molecule has 1 aromatic heterocycles. The van der Waals surface area contributed by atoms with Gasteiger partial charge in [0.25, 0.3) is 0 Å². The summed E-state index contributed by atoms with van der Waals surface area (Å²) in [5.41, 5.74) is 1.58. The minimum atomic E-state index is 0.280. The normalized spacial score (nSPS) is 13.8. The number of aromatic nitrogens is 1. The maximum absolute atomic E-state index is 5.50. The summed E-state index contributed by atoms with van der Waals surface area (Å²) in [5, 5.41) is 0. The number of fused-ring (bicyclic) bond motifs is 2. The molecule has 0 bridgehead atoms. The van der Waals surface area contributed by atoms with Gasteiger partial charge in [-0.05, 0) is 0 Å². The summed E-state index contributed by atoms with van der Waals surface area (Å²) in [5.74, 6) is 2.22. The zero-order valence-corrected chi connectivity index (χ0v) is 7.74. The predicted molar refractivity (Wildman–Crippen MR) is 49.5 cm³/mol. The van der Waals surface area contributed by atoms with Gasteiger partial charge in [-0.15, -0.1) is 0 Å². The molecule has 72 valence electrons. The van der Waals surface area contributed by atoms with Crippen LogP contribution in [-0.4, -0.2) is 11.8 Å². The van der Waals surface area contributed by atoms with E-state index in [4.69, 9.17) is 13.9 Å². The van der Waals surface area contributed by atoms with Gasteiger partial charge >= 0.3 is 0 Å². The van der Waals surface area contributed by atoms with Gasteiger partial charge in [0.05, 0.1) is 0 Å². The van der Waals surface area contributed by atoms with E-state index >= 15 is 0 Å². The third kappa shape index (κ3) is 0.968. The third-order valence-electron chi connectivity index (χ3n) is 2.23. The van der Waals surface area contributed by atoms with E-state index in [1.807, 2.05) is 19.1 Å². The van der Waals surface area contributed by atoms with E-state index in [1.165, 1.54) is 0 Å². The Hall–Kier alpha value is -1.71. The Kier molecular flexibility index (Phi) is 1.45. The van der Waals surface area contributed by atoms with Gasteiger partial charge in [-0.1, -0.05) is 6.92 Å². The fourth-order valence-electron chi connectivity index (χ4n) is 1.52. The molecule has 0 amide bonds. The monoisotopic (exact) mass is 191 g/mol. The average Bonchev–Trinajstić information content (AvgIpc) is 2.77. The Labute approximate surface area is 80.4 Å². The third-order valence-corrected chi connectivity index (χ3v) is 2.23. The Bertz CT molecular complexity index is 448. The summed E-state index contributed by atoms with van der Waals surface area (Å²) in [7, 11) is 0. The summed E-state index contributed by atoms with van der Waals surface area (Å²) in [6.07, 6.45) is 0.793. The number of oxazole rings is 1. The molecule has 0 spiro atoms. The molecule has 1 aliphatic heterocycles. The highest BCUT2D eigenvalue weighted by Gasteiger charge is 2.16. The molecular formula is C10H9NO3. The Morgan fingerprint density at radius 3 is 2.86 bits per heavy atom. The van der Waals surface area contributed by atoms with Gasteiger partial charge in [-0.2, -0.15) is 0 Å². The number of hydrogen-bond donors (Lipinski definition) is 0. The number of benzene rings is 1. The lowest BCUT2D eigenvalue weighted by Crippen LogP contribution is -1.92. The summed E-state index contributed by atoms with van der Waals surface area (Å²) < 4.78 is 16.0. The lowest BCUT2D eigenvalue weighted by Gasteiger charge is -1.92. The van der Waals surface area contributed by atoms with Crippen LogP contribution in [0.5, 0.6) is 11.5 Å². The van der Waals surface area contributed by atoms with Gasteiger partial charge in [0, 0.05) is 18.6 Å². The fourth-order valence-corrected chi connectivity index (χ4v) is 1.52. The van der Waals surface area contributed by atoms with Crippen LogP contribution in [0.3, 0.4) is 0 Å². The second kappa shape index (κ2) is 2.64. The molecule has 0 unspecified atom stereocenters. The largest absolute Gasteiger partial charge is 0.454 e. The van der Waals surface area contributed by atoms with Crippen LogP contribution in [-0.2, 0) is 6.42 Å². The minimum absolute atomic E-state index is 0.280. The molecule has 0 N–H and O–H groups in total. The summed E-state index contributed by atoms with van der Waals surface area (Å²) in [6, 6.07) is 3.67. The zero-order chi connectivity index (χ0) is 9.54. The Balaban J connectivity index is 2.25. The summed E-state index contributed by atoms with van der Waals surface area (Å²) in [4.78, 5) is 4.31. The van der Waals surface area contributed by atoms with E-state index in [9.17, 15) is 0 Å². The molecule has 0 aliphatic carbocycles. The van der Waals surface area contributed by atoms with Crippen LogP contribution in [0.15, 0.2) is 16.5 Å². The SMILES string of the molecule is CCc1nc2cc3c(cc2o1)OCO3. The average molecular weight is 191 g/mol. The molecule has 4 heteroatoms. The highest BCUT2D eigenvalue weighted by Crippen LogP contribution is 2.35. The van der Waals surface area contributed by atoms with E-state index in [2.05, 4.69) is 4.98 Å². The number of ether oxygens (including phenoxy) is 2. The first-order valence-electron chi connectivity index (χ1n) is 4.56. The van der Waals surface area contributed by atoms with Crippen LogP contribution in [0.2, 0.25) is 0 Å². The van der Waals surface area contributed by atoms with E-state index < -0.39 is 0 Å². The smallest absolute Gasteiger partial charge is 0.231 e. The van der Waals surface area contributed by atoms with Crippen molar-refractivity contribution in [2.75, 3.05) is 6.79 Å². The van der Waals surface area contributed by atoms with Crippen molar-refractivity contribution < 1.29 is 13.9 Å². The molecule has 0 saturated heterocycles. The molecule has 2 heterocycles. The Morgan fingerprint density at radius 2 is 2.07 bits per heavy atom. The van der Waals surface area contributed by atoms with Gasteiger partial charge in [0.1, 0.15) is 5.52 Å². The van der Waals surface area contributed by atoms with E-state index in [1.54, 1.807) is 0 Å². The van der Waals surface area contributed by atoms with Gasteiger partial charge in [-0.25, -0.2) is 4.98 Å². The minimum Gasteiger partial charge on any atom is -0.454 e. The first-order chi connectivity index (χ1) is 6.86. The molecule has 0 fully saturated rings.